The molecule has 7 heteroatoms. The van der Waals surface area contributed by atoms with E-state index in [2.05, 4.69) is 10.00 Å². The van der Waals surface area contributed by atoms with Crippen molar-refractivity contribution >= 4 is 17.6 Å². The fraction of sp³-hybridized carbons (Fsp3) is 0.412. The van der Waals surface area contributed by atoms with Crippen LogP contribution in [0.5, 0.6) is 5.75 Å². The zero-order valence-corrected chi connectivity index (χ0v) is 13.8. The number of rotatable bonds is 4. The molecular formula is C17H18ClN3O3. The summed E-state index contributed by atoms with van der Waals surface area (Å²) in [6, 6.07) is 7.75. The van der Waals surface area contributed by atoms with Crippen LogP contribution in [0.3, 0.4) is 0 Å². The standard InChI is InChI=1S/C17H18ClN3O3/c18-12-7-19-21(8-12)6-5-20-9-14-13-3-1-2-4-15(13)24-11-17(14,10-20)16(22)23/h1-4,7-8,14H,5-6,9-11H2,(H,22,23)/t14-,17-/m1/s1. The van der Waals surface area contributed by atoms with Crippen LogP contribution >= 0.6 is 11.6 Å². The smallest absolute Gasteiger partial charge is 0.315 e. The fourth-order valence-corrected chi connectivity index (χ4v) is 3.96. The number of likely N-dealkylation sites (tertiary alicyclic amines) is 1. The average Bonchev–Trinajstić information content (AvgIpc) is 3.17. The molecule has 2 aliphatic rings. The molecule has 0 unspecified atom stereocenters. The van der Waals surface area contributed by atoms with Crippen LogP contribution in [-0.2, 0) is 11.3 Å². The SMILES string of the molecule is O=C(O)[C@]12COc3ccccc3[C@H]1CN(CCn1cc(Cl)cn1)C2. The number of hydrogen-bond acceptors (Lipinski definition) is 4. The van der Waals surface area contributed by atoms with E-state index in [1.54, 1.807) is 17.1 Å². The highest BCUT2D eigenvalue weighted by Crippen LogP contribution is 2.49. The van der Waals surface area contributed by atoms with E-state index in [4.69, 9.17) is 16.3 Å². The third kappa shape index (κ3) is 2.46. The molecule has 2 aromatic rings. The monoisotopic (exact) mass is 347 g/mol. The third-order valence-corrected chi connectivity index (χ3v) is 5.26. The summed E-state index contributed by atoms with van der Waals surface area (Å²) in [5, 5.41) is 14.7. The van der Waals surface area contributed by atoms with E-state index in [1.807, 2.05) is 24.3 Å². The Labute approximate surface area is 144 Å². The van der Waals surface area contributed by atoms with E-state index in [-0.39, 0.29) is 12.5 Å². The van der Waals surface area contributed by atoms with Gasteiger partial charge in [-0.1, -0.05) is 29.8 Å². The van der Waals surface area contributed by atoms with Crippen LogP contribution < -0.4 is 4.74 Å². The number of aromatic nitrogens is 2. The van der Waals surface area contributed by atoms with Crippen molar-refractivity contribution in [3.05, 3.63) is 47.2 Å². The molecule has 1 aromatic carbocycles. The molecule has 4 rings (SSSR count). The summed E-state index contributed by atoms with van der Waals surface area (Å²) in [5.74, 6) is -0.0344. The Hall–Kier alpha value is -2.05. The molecule has 0 spiro atoms. The van der Waals surface area contributed by atoms with Crippen molar-refractivity contribution in [3.63, 3.8) is 0 Å². The number of halogens is 1. The van der Waals surface area contributed by atoms with Crippen molar-refractivity contribution in [2.45, 2.75) is 12.5 Å². The summed E-state index contributed by atoms with van der Waals surface area (Å²) >= 11 is 5.88. The van der Waals surface area contributed by atoms with Crippen molar-refractivity contribution in [1.29, 1.82) is 0 Å². The van der Waals surface area contributed by atoms with Gasteiger partial charge in [0.15, 0.2) is 0 Å². The molecule has 126 valence electrons. The molecule has 0 radical (unpaired) electrons. The lowest BCUT2D eigenvalue weighted by atomic mass is 9.73. The van der Waals surface area contributed by atoms with Crippen molar-refractivity contribution in [1.82, 2.24) is 14.7 Å². The zero-order chi connectivity index (χ0) is 16.7. The molecule has 1 N–H and O–H groups in total. The molecule has 3 heterocycles. The number of benzene rings is 1. The van der Waals surface area contributed by atoms with Gasteiger partial charge in [0, 0.05) is 31.7 Å². The van der Waals surface area contributed by atoms with Crippen LogP contribution in [0, 0.1) is 5.41 Å². The lowest BCUT2D eigenvalue weighted by Gasteiger charge is -2.35. The molecule has 2 atom stereocenters. The first-order chi connectivity index (χ1) is 11.6. The van der Waals surface area contributed by atoms with Gasteiger partial charge in [0.1, 0.15) is 17.8 Å². The quantitative estimate of drug-likeness (QED) is 0.917. The van der Waals surface area contributed by atoms with Crippen molar-refractivity contribution in [2.24, 2.45) is 5.41 Å². The molecular weight excluding hydrogens is 330 g/mol. The largest absolute Gasteiger partial charge is 0.492 e. The number of hydrogen-bond donors (Lipinski definition) is 1. The van der Waals surface area contributed by atoms with Gasteiger partial charge < -0.3 is 9.84 Å². The number of fused-ring (bicyclic) bond motifs is 3. The summed E-state index contributed by atoms with van der Waals surface area (Å²) in [6.45, 7) is 2.81. The fourth-order valence-electron chi connectivity index (χ4n) is 3.81. The maximum atomic E-state index is 12.0. The van der Waals surface area contributed by atoms with Crippen LogP contribution in [0.15, 0.2) is 36.7 Å². The predicted octanol–water partition coefficient (Wildman–Crippen LogP) is 2.10. The first-order valence-corrected chi connectivity index (χ1v) is 8.32. The normalized spacial score (nSPS) is 25.8. The summed E-state index contributed by atoms with van der Waals surface area (Å²) < 4.78 is 7.55. The Balaban J connectivity index is 1.56. The molecule has 24 heavy (non-hydrogen) atoms. The Morgan fingerprint density at radius 3 is 3.00 bits per heavy atom. The lowest BCUT2D eigenvalue weighted by molar-refractivity contribution is -0.151. The van der Waals surface area contributed by atoms with E-state index < -0.39 is 11.4 Å². The molecule has 1 fully saturated rings. The minimum absolute atomic E-state index is 0.0545. The summed E-state index contributed by atoms with van der Waals surface area (Å²) in [4.78, 5) is 14.2. The molecule has 1 saturated heterocycles. The second-order valence-electron chi connectivity index (χ2n) is 6.50. The van der Waals surface area contributed by atoms with Crippen LogP contribution in [0.25, 0.3) is 0 Å². The van der Waals surface area contributed by atoms with Gasteiger partial charge in [0.05, 0.1) is 17.8 Å². The Morgan fingerprint density at radius 2 is 2.25 bits per heavy atom. The lowest BCUT2D eigenvalue weighted by Crippen LogP contribution is -2.45. The van der Waals surface area contributed by atoms with Gasteiger partial charge in [-0.25, -0.2) is 0 Å². The molecule has 0 amide bonds. The Morgan fingerprint density at radius 1 is 1.42 bits per heavy atom. The second-order valence-corrected chi connectivity index (χ2v) is 6.93. The molecule has 0 bridgehead atoms. The van der Waals surface area contributed by atoms with E-state index in [0.717, 1.165) is 17.9 Å². The molecule has 0 saturated carbocycles. The molecule has 2 aliphatic heterocycles. The van der Waals surface area contributed by atoms with Crippen LogP contribution in [0.1, 0.15) is 11.5 Å². The summed E-state index contributed by atoms with van der Waals surface area (Å²) in [5.41, 5.74) is 0.117. The highest BCUT2D eigenvalue weighted by molar-refractivity contribution is 6.30. The molecule has 6 nitrogen and oxygen atoms in total. The maximum absolute atomic E-state index is 12.0. The van der Waals surface area contributed by atoms with Crippen LogP contribution in [-0.4, -0.2) is 52.0 Å². The van der Waals surface area contributed by atoms with E-state index in [9.17, 15) is 9.90 Å². The number of carboxylic acid groups (broad SMARTS) is 1. The van der Waals surface area contributed by atoms with Crippen LogP contribution in [0.2, 0.25) is 5.02 Å². The minimum Gasteiger partial charge on any atom is -0.492 e. The number of carbonyl (C=O) groups is 1. The van der Waals surface area contributed by atoms with Gasteiger partial charge in [0.25, 0.3) is 0 Å². The van der Waals surface area contributed by atoms with Gasteiger partial charge in [-0.2, -0.15) is 5.10 Å². The van der Waals surface area contributed by atoms with E-state index in [0.29, 0.717) is 24.7 Å². The van der Waals surface area contributed by atoms with Gasteiger partial charge in [0.2, 0.25) is 0 Å². The topological polar surface area (TPSA) is 67.6 Å². The number of nitrogens with zero attached hydrogens (tertiary/aromatic N) is 3. The average molecular weight is 348 g/mol. The summed E-state index contributed by atoms with van der Waals surface area (Å²) in [7, 11) is 0. The highest BCUT2D eigenvalue weighted by Gasteiger charge is 2.56. The molecule has 1 aromatic heterocycles. The minimum atomic E-state index is -0.879. The van der Waals surface area contributed by atoms with Gasteiger partial charge in [-0.3, -0.25) is 14.4 Å². The van der Waals surface area contributed by atoms with Crippen molar-refractivity contribution in [3.8, 4) is 5.75 Å². The maximum Gasteiger partial charge on any atom is 0.315 e. The number of carboxylic acids is 1. The Kier molecular flexibility index (Phi) is 3.73. The summed E-state index contributed by atoms with van der Waals surface area (Å²) in [6.07, 6.45) is 3.38. The number of aliphatic carboxylic acids is 1. The van der Waals surface area contributed by atoms with Gasteiger partial charge in [-0.15, -0.1) is 0 Å². The van der Waals surface area contributed by atoms with Crippen LogP contribution in [0.4, 0.5) is 0 Å². The van der Waals surface area contributed by atoms with Crippen molar-refractivity contribution < 1.29 is 14.6 Å². The van der Waals surface area contributed by atoms with E-state index >= 15 is 0 Å². The number of ether oxygens (including phenoxy) is 1. The highest BCUT2D eigenvalue weighted by atomic mass is 35.5. The van der Waals surface area contributed by atoms with Gasteiger partial charge >= 0.3 is 5.97 Å². The zero-order valence-electron chi connectivity index (χ0n) is 13.1. The third-order valence-electron chi connectivity index (χ3n) is 5.07. The Bertz CT molecular complexity index is 778. The van der Waals surface area contributed by atoms with E-state index in [1.165, 1.54) is 0 Å². The predicted molar refractivity (Wildman–Crippen MR) is 88.4 cm³/mol. The molecule has 0 aliphatic carbocycles. The first kappa shape index (κ1) is 15.5. The second kappa shape index (κ2) is 5.79. The van der Waals surface area contributed by atoms with Crippen molar-refractivity contribution in [2.75, 3.05) is 26.2 Å². The number of para-hydroxylation sites is 1. The van der Waals surface area contributed by atoms with Gasteiger partial charge in [-0.05, 0) is 11.6 Å². The first-order valence-electron chi connectivity index (χ1n) is 7.94.